The van der Waals surface area contributed by atoms with E-state index in [9.17, 15) is 8.42 Å². The first-order valence-electron chi connectivity index (χ1n) is 7.17. The van der Waals surface area contributed by atoms with Crippen molar-refractivity contribution in [2.75, 3.05) is 18.8 Å². The van der Waals surface area contributed by atoms with Gasteiger partial charge >= 0.3 is 0 Å². The van der Waals surface area contributed by atoms with E-state index in [-0.39, 0.29) is 5.75 Å². The van der Waals surface area contributed by atoms with Gasteiger partial charge in [-0.05, 0) is 38.1 Å². The molecule has 1 rings (SSSR count). The van der Waals surface area contributed by atoms with Gasteiger partial charge in [0.05, 0.1) is 5.75 Å². The highest BCUT2D eigenvalue weighted by molar-refractivity contribution is 7.89. The normalized spacial score (nSPS) is 29.4. The van der Waals surface area contributed by atoms with E-state index in [1.807, 2.05) is 0 Å². The second-order valence-corrected chi connectivity index (χ2v) is 7.57. The van der Waals surface area contributed by atoms with Crippen LogP contribution in [0.15, 0.2) is 0 Å². The first-order chi connectivity index (χ1) is 8.46. The Labute approximate surface area is 112 Å². The van der Waals surface area contributed by atoms with Crippen LogP contribution in [-0.2, 0) is 10.0 Å². The molecule has 0 unspecified atom stereocenters. The minimum atomic E-state index is -3.02. The van der Waals surface area contributed by atoms with E-state index in [4.69, 9.17) is 0 Å². The molecule has 0 amide bonds. The summed E-state index contributed by atoms with van der Waals surface area (Å²) in [5, 5.41) is 3.57. The van der Waals surface area contributed by atoms with Gasteiger partial charge in [0.1, 0.15) is 0 Å². The van der Waals surface area contributed by atoms with Gasteiger partial charge in [0.2, 0.25) is 10.0 Å². The van der Waals surface area contributed by atoms with Crippen molar-refractivity contribution in [1.29, 1.82) is 0 Å². The summed E-state index contributed by atoms with van der Waals surface area (Å²) in [5.74, 6) is 1.69. The standard InChI is InChI=1S/C13H28N2O2S/c1-4-18(16,17)15-10-6-9-14-13-8-5-7-11(2)12(13)3/h11-15H,4-10H2,1-3H3/t11-,12+,13-/m1/s1. The molecule has 0 radical (unpaired) electrons. The highest BCUT2D eigenvalue weighted by Gasteiger charge is 2.26. The zero-order valence-electron chi connectivity index (χ0n) is 11.9. The molecule has 0 heterocycles. The van der Waals surface area contributed by atoms with Crippen molar-refractivity contribution in [1.82, 2.24) is 10.0 Å². The van der Waals surface area contributed by atoms with Gasteiger partial charge in [-0.2, -0.15) is 0 Å². The lowest BCUT2D eigenvalue weighted by molar-refractivity contribution is 0.207. The van der Waals surface area contributed by atoms with E-state index in [1.54, 1.807) is 6.92 Å². The molecule has 0 aliphatic heterocycles. The molecule has 18 heavy (non-hydrogen) atoms. The van der Waals surface area contributed by atoms with E-state index < -0.39 is 10.0 Å². The van der Waals surface area contributed by atoms with Gasteiger partial charge < -0.3 is 5.32 Å². The SMILES string of the molecule is CCS(=O)(=O)NCCCN[C@@H]1CCC[C@@H](C)[C@@H]1C. The van der Waals surface area contributed by atoms with Crippen LogP contribution in [-0.4, -0.2) is 33.3 Å². The van der Waals surface area contributed by atoms with E-state index >= 15 is 0 Å². The van der Waals surface area contributed by atoms with Gasteiger partial charge in [-0.3, -0.25) is 0 Å². The van der Waals surface area contributed by atoms with Gasteiger partial charge in [-0.25, -0.2) is 13.1 Å². The Morgan fingerprint density at radius 1 is 1.17 bits per heavy atom. The molecule has 5 heteroatoms. The number of rotatable bonds is 7. The molecule has 1 saturated carbocycles. The summed E-state index contributed by atoms with van der Waals surface area (Å²) in [7, 11) is -3.02. The third-order valence-electron chi connectivity index (χ3n) is 4.17. The maximum Gasteiger partial charge on any atom is 0.211 e. The third-order valence-corrected chi connectivity index (χ3v) is 5.57. The number of nitrogens with one attached hydrogen (secondary N) is 2. The molecule has 0 aromatic heterocycles. The minimum absolute atomic E-state index is 0.164. The average Bonchev–Trinajstić information content (AvgIpc) is 2.34. The summed E-state index contributed by atoms with van der Waals surface area (Å²) in [4.78, 5) is 0. The number of hydrogen-bond acceptors (Lipinski definition) is 3. The van der Waals surface area contributed by atoms with Crippen LogP contribution in [0.2, 0.25) is 0 Å². The maximum absolute atomic E-state index is 11.2. The Morgan fingerprint density at radius 2 is 1.89 bits per heavy atom. The first-order valence-corrected chi connectivity index (χ1v) is 8.82. The molecular weight excluding hydrogens is 248 g/mol. The predicted molar refractivity (Wildman–Crippen MR) is 76.1 cm³/mol. The summed E-state index contributed by atoms with van der Waals surface area (Å²) in [6, 6.07) is 0.608. The van der Waals surface area contributed by atoms with E-state index in [0.29, 0.717) is 12.6 Å². The van der Waals surface area contributed by atoms with Crippen molar-refractivity contribution in [3.8, 4) is 0 Å². The first kappa shape index (κ1) is 15.9. The van der Waals surface area contributed by atoms with Crippen molar-refractivity contribution < 1.29 is 8.42 Å². The van der Waals surface area contributed by atoms with Crippen molar-refractivity contribution >= 4 is 10.0 Å². The van der Waals surface area contributed by atoms with Gasteiger partial charge in [-0.15, -0.1) is 0 Å². The van der Waals surface area contributed by atoms with E-state index in [0.717, 1.165) is 24.8 Å². The van der Waals surface area contributed by atoms with Crippen LogP contribution in [0.4, 0.5) is 0 Å². The fraction of sp³-hybridized carbons (Fsp3) is 1.00. The van der Waals surface area contributed by atoms with Crippen LogP contribution in [0.3, 0.4) is 0 Å². The molecule has 108 valence electrons. The second kappa shape index (κ2) is 7.46. The van der Waals surface area contributed by atoms with Crippen molar-refractivity contribution in [3.63, 3.8) is 0 Å². The Balaban J connectivity index is 2.14. The molecule has 3 atom stereocenters. The van der Waals surface area contributed by atoms with Crippen LogP contribution in [0.25, 0.3) is 0 Å². The quantitative estimate of drug-likeness (QED) is 0.696. The Hall–Kier alpha value is -0.130. The molecule has 0 saturated heterocycles. The molecule has 0 spiro atoms. The van der Waals surface area contributed by atoms with Gasteiger partial charge in [0.25, 0.3) is 0 Å². The maximum atomic E-state index is 11.2. The monoisotopic (exact) mass is 276 g/mol. The zero-order valence-corrected chi connectivity index (χ0v) is 12.7. The van der Waals surface area contributed by atoms with E-state index in [2.05, 4.69) is 23.9 Å². The predicted octanol–water partition coefficient (Wildman–Crippen LogP) is 1.73. The molecule has 0 aromatic rings. The summed E-state index contributed by atoms with van der Waals surface area (Å²) < 4.78 is 25.1. The lowest BCUT2D eigenvalue weighted by Crippen LogP contribution is -2.41. The largest absolute Gasteiger partial charge is 0.314 e. The summed E-state index contributed by atoms with van der Waals surface area (Å²) in [6.07, 6.45) is 4.77. The molecule has 0 aromatic carbocycles. The van der Waals surface area contributed by atoms with Crippen LogP contribution in [0.5, 0.6) is 0 Å². The molecule has 1 fully saturated rings. The Kier molecular flexibility index (Phi) is 6.60. The van der Waals surface area contributed by atoms with Crippen LogP contribution < -0.4 is 10.0 Å². The molecule has 0 bridgehead atoms. The molecule has 4 nitrogen and oxygen atoms in total. The summed E-state index contributed by atoms with van der Waals surface area (Å²) >= 11 is 0. The summed E-state index contributed by atoms with van der Waals surface area (Å²) in [6.45, 7) is 7.74. The summed E-state index contributed by atoms with van der Waals surface area (Å²) in [5.41, 5.74) is 0. The van der Waals surface area contributed by atoms with Crippen molar-refractivity contribution in [2.45, 2.75) is 52.5 Å². The topological polar surface area (TPSA) is 58.2 Å². The fourth-order valence-corrected chi connectivity index (χ4v) is 3.24. The molecule has 1 aliphatic carbocycles. The second-order valence-electron chi connectivity index (χ2n) is 5.48. The third kappa shape index (κ3) is 5.24. The Bertz CT molecular complexity index is 330. The molecule has 2 N–H and O–H groups in total. The zero-order chi connectivity index (χ0) is 13.6. The minimum Gasteiger partial charge on any atom is -0.314 e. The Morgan fingerprint density at radius 3 is 2.56 bits per heavy atom. The lowest BCUT2D eigenvalue weighted by atomic mass is 9.78. The highest BCUT2D eigenvalue weighted by Crippen LogP contribution is 2.29. The number of hydrogen-bond donors (Lipinski definition) is 2. The van der Waals surface area contributed by atoms with E-state index in [1.165, 1.54) is 19.3 Å². The van der Waals surface area contributed by atoms with Crippen molar-refractivity contribution in [3.05, 3.63) is 0 Å². The van der Waals surface area contributed by atoms with Gasteiger partial charge in [-0.1, -0.05) is 26.7 Å². The van der Waals surface area contributed by atoms with Crippen molar-refractivity contribution in [2.24, 2.45) is 11.8 Å². The van der Waals surface area contributed by atoms with Crippen LogP contribution in [0.1, 0.15) is 46.5 Å². The molecular formula is C13H28N2O2S. The van der Waals surface area contributed by atoms with Crippen LogP contribution >= 0.6 is 0 Å². The lowest BCUT2D eigenvalue weighted by Gasteiger charge is -2.34. The highest BCUT2D eigenvalue weighted by atomic mass is 32.2. The smallest absolute Gasteiger partial charge is 0.211 e. The van der Waals surface area contributed by atoms with Gasteiger partial charge in [0, 0.05) is 12.6 Å². The van der Waals surface area contributed by atoms with Crippen LogP contribution in [0, 0.1) is 11.8 Å². The fourth-order valence-electron chi connectivity index (χ4n) is 2.58. The van der Waals surface area contributed by atoms with Gasteiger partial charge in [0.15, 0.2) is 0 Å². The number of sulfonamides is 1. The molecule has 1 aliphatic rings. The average molecular weight is 276 g/mol.